The largest absolute Gasteiger partial charge is 0.449 e. The molecule has 0 aliphatic heterocycles. The summed E-state index contributed by atoms with van der Waals surface area (Å²) in [7, 11) is 1.86. The Morgan fingerprint density at radius 1 is 0.870 bits per heavy atom. The second-order valence-electron chi connectivity index (χ2n) is 13.3. The van der Waals surface area contributed by atoms with Crippen LogP contribution in [0.1, 0.15) is 71.4 Å². The smallest absolute Gasteiger partial charge is 0.414 e. The molecule has 1 atom stereocenters. The molecule has 1 unspecified atom stereocenters. The molecule has 0 bridgehead atoms. The van der Waals surface area contributed by atoms with Gasteiger partial charge in [-0.2, -0.15) is 0 Å². The lowest BCUT2D eigenvalue weighted by Gasteiger charge is -2.25. The van der Waals surface area contributed by atoms with Crippen LogP contribution in [-0.4, -0.2) is 91.4 Å². The van der Waals surface area contributed by atoms with Crippen molar-refractivity contribution in [2.24, 2.45) is 4.99 Å². The minimum absolute atomic E-state index is 0.0194. The molecule has 3 amide bonds. The number of likely N-dealkylation sites (N-methyl/N-ethyl adjacent to an activating group) is 1. The lowest BCUT2D eigenvalue weighted by atomic mass is 9.98. The number of hydrogen-bond acceptors (Lipinski definition) is 9. The first-order valence-electron chi connectivity index (χ1n) is 15.6. The zero-order chi connectivity index (χ0) is 33.9. The molecule has 46 heavy (non-hydrogen) atoms. The van der Waals surface area contributed by atoms with Crippen LogP contribution < -0.4 is 16.0 Å². The number of alkyl carbamates (subject to hydrolysis) is 3. The Balaban J connectivity index is 1.62. The van der Waals surface area contributed by atoms with Gasteiger partial charge in [-0.3, -0.25) is 15.6 Å². The van der Waals surface area contributed by atoms with Crippen molar-refractivity contribution in [2.75, 3.05) is 39.9 Å². The fourth-order valence-corrected chi connectivity index (χ4v) is 5.09. The van der Waals surface area contributed by atoms with Gasteiger partial charge in [-0.15, -0.1) is 0 Å². The summed E-state index contributed by atoms with van der Waals surface area (Å²) in [5.41, 5.74) is 3.06. The van der Waals surface area contributed by atoms with Crippen LogP contribution in [0.25, 0.3) is 11.1 Å². The quantitative estimate of drug-likeness (QED) is 0.116. The summed E-state index contributed by atoms with van der Waals surface area (Å²) < 4.78 is 16.3. The van der Waals surface area contributed by atoms with E-state index in [9.17, 15) is 19.5 Å². The summed E-state index contributed by atoms with van der Waals surface area (Å²) in [6.07, 6.45) is -1.08. The molecular formula is C34H49N5O7. The van der Waals surface area contributed by atoms with Crippen molar-refractivity contribution in [1.82, 2.24) is 20.9 Å². The first kappa shape index (κ1) is 36.3. The average molecular weight is 640 g/mol. The third-order valence-corrected chi connectivity index (χ3v) is 6.90. The number of carbonyl (C=O) groups excluding carboxylic acids is 3. The minimum Gasteiger partial charge on any atom is -0.449 e. The Morgan fingerprint density at radius 3 is 1.89 bits per heavy atom. The summed E-state index contributed by atoms with van der Waals surface area (Å²) in [5, 5.41) is 17.3. The molecule has 0 saturated heterocycles. The number of aliphatic hydroxyl groups excluding tert-OH is 1. The van der Waals surface area contributed by atoms with Gasteiger partial charge in [0.2, 0.25) is 5.96 Å². The number of aliphatic hydroxyl groups is 1. The van der Waals surface area contributed by atoms with Gasteiger partial charge in [0.1, 0.15) is 17.8 Å². The molecule has 252 valence electrons. The maximum Gasteiger partial charge on any atom is 0.414 e. The molecule has 12 heteroatoms. The molecule has 2 aromatic carbocycles. The minimum atomic E-state index is -0.775. The first-order valence-corrected chi connectivity index (χ1v) is 15.6. The average Bonchev–Trinajstić information content (AvgIpc) is 3.25. The maximum atomic E-state index is 13.0. The molecule has 3 rings (SSSR count). The van der Waals surface area contributed by atoms with E-state index in [2.05, 4.69) is 45.2 Å². The van der Waals surface area contributed by atoms with E-state index < -0.39 is 29.5 Å². The molecule has 0 radical (unpaired) electrons. The van der Waals surface area contributed by atoms with Gasteiger partial charge in [-0.1, -0.05) is 48.5 Å². The molecule has 12 nitrogen and oxygen atoms in total. The Bertz CT molecular complexity index is 1290. The Labute approximate surface area is 271 Å². The van der Waals surface area contributed by atoms with Crippen molar-refractivity contribution in [2.45, 2.75) is 77.5 Å². The highest BCUT2D eigenvalue weighted by Crippen LogP contribution is 2.44. The van der Waals surface area contributed by atoms with E-state index in [0.717, 1.165) is 22.3 Å². The molecule has 0 aromatic heterocycles. The molecule has 4 N–H and O–H groups in total. The number of nitrogens with zero attached hydrogens (tertiary/aromatic N) is 2. The second kappa shape index (κ2) is 16.4. The lowest BCUT2D eigenvalue weighted by Crippen LogP contribution is -2.47. The summed E-state index contributed by atoms with van der Waals surface area (Å²) in [6, 6.07) is 16.0. The van der Waals surface area contributed by atoms with Gasteiger partial charge < -0.3 is 29.5 Å². The Hall–Kier alpha value is -4.16. The highest BCUT2D eigenvalue weighted by molar-refractivity contribution is 6.01. The van der Waals surface area contributed by atoms with Crippen molar-refractivity contribution in [3.05, 3.63) is 59.7 Å². The molecule has 2 aromatic rings. The van der Waals surface area contributed by atoms with Crippen LogP contribution in [0, 0.1) is 0 Å². The molecular weight excluding hydrogens is 590 g/mol. The van der Waals surface area contributed by atoms with E-state index >= 15 is 0 Å². The number of fused-ring (bicyclic) bond motifs is 3. The highest BCUT2D eigenvalue weighted by Gasteiger charge is 2.29. The zero-order valence-electron chi connectivity index (χ0n) is 28.0. The number of amides is 3. The monoisotopic (exact) mass is 639 g/mol. The molecule has 0 spiro atoms. The molecule has 0 heterocycles. The van der Waals surface area contributed by atoms with Gasteiger partial charge in [-0.25, -0.2) is 14.4 Å². The van der Waals surface area contributed by atoms with Gasteiger partial charge in [0.05, 0.1) is 6.61 Å². The second-order valence-corrected chi connectivity index (χ2v) is 13.3. The van der Waals surface area contributed by atoms with Gasteiger partial charge >= 0.3 is 18.3 Å². The Morgan fingerprint density at radius 2 is 1.39 bits per heavy atom. The fraction of sp³-hybridized carbons (Fsp3) is 0.529. The van der Waals surface area contributed by atoms with E-state index in [1.807, 2.05) is 36.2 Å². The number of nitrogens with one attached hydrogen (secondary N) is 3. The highest BCUT2D eigenvalue weighted by atomic mass is 16.6. The zero-order valence-corrected chi connectivity index (χ0v) is 28.0. The van der Waals surface area contributed by atoms with Crippen LogP contribution in [0.15, 0.2) is 53.5 Å². The molecule has 1 aliphatic carbocycles. The Kier molecular flexibility index (Phi) is 13.0. The van der Waals surface area contributed by atoms with Crippen molar-refractivity contribution >= 4 is 24.2 Å². The molecule has 0 fully saturated rings. The van der Waals surface area contributed by atoms with Gasteiger partial charge in [0.15, 0.2) is 0 Å². The maximum absolute atomic E-state index is 13.0. The van der Waals surface area contributed by atoms with E-state index in [4.69, 9.17) is 14.2 Å². The number of ether oxygens (including phenoxy) is 3. The molecule has 0 saturated carbocycles. The van der Waals surface area contributed by atoms with Crippen molar-refractivity contribution < 1.29 is 33.7 Å². The van der Waals surface area contributed by atoms with Crippen molar-refractivity contribution in [1.29, 1.82) is 0 Å². The summed E-state index contributed by atoms with van der Waals surface area (Å²) in [5.74, 6) is -0.168. The van der Waals surface area contributed by atoms with E-state index in [-0.39, 0.29) is 37.7 Å². The number of hydrogen-bond donors (Lipinski definition) is 4. The van der Waals surface area contributed by atoms with Crippen LogP contribution in [0.5, 0.6) is 0 Å². The number of rotatable bonds is 11. The third kappa shape index (κ3) is 12.0. The third-order valence-electron chi connectivity index (χ3n) is 6.90. The van der Waals surface area contributed by atoms with Crippen LogP contribution in [-0.2, 0) is 14.2 Å². The summed E-state index contributed by atoms with van der Waals surface area (Å²) in [6.45, 7) is 11.6. The van der Waals surface area contributed by atoms with Crippen LogP contribution >= 0.6 is 0 Å². The predicted molar refractivity (Wildman–Crippen MR) is 177 cm³/mol. The lowest BCUT2D eigenvalue weighted by molar-refractivity contribution is 0.0544. The number of carbonyl (C=O) groups is 3. The predicted octanol–water partition coefficient (Wildman–Crippen LogP) is 5.00. The van der Waals surface area contributed by atoms with E-state index in [0.29, 0.717) is 25.9 Å². The van der Waals surface area contributed by atoms with Crippen LogP contribution in [0.4, 0.5) is 14.4 Å². The summed E-state index contributed by atoms with van der Waals surface area (Å²) >= 11 is 0. The van der Waals surface area contributed by atoms with Crippen molar-refractivity contribution in [3.8, 4) is 11.1 Å². The number of aliphatic imine (C=N–C) groups is 1. The van der Waals surface area contributed by atoms with E-state index in [1.165, 1.54) is 0 Å². The van der Waals surface area contributed by atoms with Crippen LogP contribution in [0.2, 0.25) is 0 Å². The van der Waals surface area contributed by atoms with E-state index in [1.54, 1.807) is 41.5 Å². The number of benzene rings is 2. The van der Waals surface area contributed by atoms with Gasteiger partial charge in [0, 0.05) is 31.6 Å². The number of guanidine groups is 1. The van der Waals surface area contributed by atoms with Crippen molar-refractivity contribution in [3.63, 3.8) is 0 Å². The molecule has 1 aliphatic rings. The van der Waals surface area contributed by atoms with Gasteiger partial charge in [0.25, 0.3) is 0 Å². The normalized spacial score (nSPS) is 13.2. The standard InChI is InChI=1S/C34H49N5O7/c1-33(2,3)45-31(42)37-29(38-32(43)46-34(4,5)6)35-18-12-13-23(21-39(7)19-20-40)36-30(41)44-22-28-26-16-10-8-14-24(26)25-15-9-11-17-27(25)28/h8-11,14-17,23,28,40H,12-13,18-22H2,1-7H3,(H,36,41)(H2,35,37,38,42,43). The first-order chi connectivity index (χ1) is 21.6. The topological polar surface area (TPSA) is 151 Å². The summed E-state index contributed by atoms with van der Waals surface area (Å²) in [4.78, 5) is 44.1. The fourth-order valence-electron chi connectivity index (χ4n) is 5.09. The SMILES string of the molecule is CN(CCO)CC(CCCN=C(NC(=O)OC(C)(C)C)NC(=O)OC(C)(C)C)NC(=O)OCC1c2ccccc2-c2ccccc21. The van der Waals surface area contributed by atoms with Crippen LogP contribution in [0.3, 0.4) is 0 Å². The van der Waals surface area contributed by atoms with Gasteiger partial charge in [-0.05, 0) is 83.7 Å².